The lowest BCUT2D eigenvalue weighted by Crippen LogP contribution is -2.16. The number of nitrogens with one attached hydrogen (secondary N) is 1. The average Bonchev–Trinajstić information content (AvgIpc) is 3.09. The van der Waals surface area contributed by atoms with Crippen molar-refractivity contribution >= 4 is 43.2 Å². The maximum atomic E-state index is 13.1. The van der Waals surface area contributed by atoms with E-state index in [9.17, 15) is 16.8 Å². The molecule has 1 unspecified atom stereocenters. The first-order valence-electron chi connectivity index (χ1n) is 9.77. The third kappa shape index (κ3) is 4.72. The minimum atomic E-state index is -4.22. The normalized spacial score (nSPS) is 16.4. The Morgan fingerprint density at radius 3 is 2.66 bits per heavy atom. The first-order valence-corrected chi connectivity index (χ1v) is 13.3. The summed E-state index contributed by atoms with van der Waals surface area (Å²) in [6, 6.07) is 6.92. The lowest BCUT2D eigenvalue weighted by atomic mass is 9.99. The Morgan fingerprint density at radius 2 is 1.91 bits per heavy atom. The molecular weight excluding hydrogens is 474 g/mol. The van der Waals surface area contributed by atoms with E-state index in [1.54, 1.807) is 12.1 Å². The van der Waals surface area contributed by atoms with Crippen LogP contribution in [0.25, 0.3) is 6.08 Å². The number of fused-ring (bicyclic) bond motifs is 1. The first kappa shape index (κ1) is 22.5. The van der Waals surface area contributed by atoms with Gasteiger partial charge in [-0.1, -0.05) is 24.6 Å². The van der Waals surface area contributed by atoms with E-state index in [4.69, 9.17) is 16.0 Å². The van der Waals surface area contributed by atoms with Crippen molar-refractivity contribution in [2.75, 3.05) is 4.72 Å². The van der Waals surface area contributed by atoms with E-state index in [1.165, 1.54) is 36.7 Å². The fourth-order valence-electron chi connectivity index (χ4n) is 3.44. The van der Waals surface area contributed by atoms with Gasteiger partial charge in [0, 0.05) is 29.0 Å². The number of sulfonamides is 1. The number of rotatable bonds is 6. The number of nitrogens with zero attached hydrogens (tertiary/aromatic N) is 2. The number of anilines is 1. The summed E-state index contributed by atoms with van der Waals surface area (Å²) in [5, 5.41) is -0.125. The molecule has 0 saturated heterocycles. The molecule has 0 spiro atoms. The number of hydrogen-bond acceptors (Lipinski definition) is 7. The SMILES string of the molecule is CC1CCC=Cc2oc(S(=O)(=O)Nc3cc(Cl)ccc3S(=O)(=O)Cc3ncccn3)cc21. The number of sulfone groups is 1. The Hall–Kier alpha value is -2.69. The fourth-order valence-corrected chi connectivity index (χ4v) is 6.08. The monoisotopic (exact) mass is 493 g/mol. The molecule has 4 rings (SSSR count). The number of furan rings is 1. The van der Waals surface area contributed by atoms with Crippen LogP contribution in [0.2, 0.25) is 5.02 Å². The van der Waals surface area contributed by atoms with Crippen LogP contribution in [0.3, 0.4) is 0 Å². The van der Waals surface area contributed by atoms with E-state index in [0.29, 0.717) is 5.76 Å². The predicted molar refractivity (Wildman–Crippen MR) is 121 cm³/mol. The minimum Gasteiger partial charge on any atom is -0.443 e. The Morgan fingerprint density at radius 1 is 1.16 bits per heavy atom. The Kier molecular flexibility index (Phi) is 6.11. The maximum Gasteiger partial charge on any atom is 0.295 e. The summed E-state index contributed by atoms with van der Waals surface area (Å²) in [6.45, 7) is 2.00. The zero-order valence-electron chi connectivity index (χ0n) is 17.0. The summed E-state index contributed by atoms with van der Waals surface area (Å²) in [6.07, 6.45) is 8.30. The molecule has 168 valence electrons. The van der Waals surface area contributed by atoms with Gasteiger partial charge in [0.15, 0.2) is 9.84 Å². The van der Waals surface area contributed by atoms with Gasteiger partial charge in [0.2, 0.25) is 5.09 Å². The number of benzene rings is 1. The van der Waals surface area contributed by atoms with Crippen molar-refractivity contribution in [3.05, 3.63) is 71.0 Å². The highest BCUT2D eigenvalue weighted by Crippen LogP contribution is 2.35. The number of allylic oxidation sites excluding steroid dienone is 1. The number of aromatic nitrogens is 2. The molecule has 2 heterocycles. The van der Waals surface area contributed by atoms with Crippen LogP contribution in [0.15, 0.2) is 63.2 Å². The highest BCUT2D eigenvalue weighted by Gasteiger charge is 2.28. The minimum absolute atomic E-state index is 0.0896. The zero-order valence-corrected chi connectivity index (χ0v) is 19.4. The zero-order chi connectivity index (χ0) is 22.9. The fraction of sp³-hybridized carbons (Fsp3) is 0.238. The Balaban J connectivity index is 1.70. The predicted octanol–water partition coefficient (Wildman–Crippen LogP) is 4.41. The van der Waals surface area contributed by atoms with Crippen molar-refractivity contribution in [2.45, 2.75) is 41.4 Å². The van der Waals surface area contributed by atoms with Crippen LogP contribution in [0.5, 0.6) is 0 Å². The average molecular weight is 494 g/mol. The largest absolute Gasteiger partial charge is 0.443 e. The molecule has 1 aliphatic rings. The van der Waals surface area contributed by atoms with Gasteiger partial charge in [-0.2, -0.15) is 8.42 Å². The van der Waals surface area contributed by atoms with E-state index in [1.807, 2.05) is 13.0 Å². The van der Waals surface area contributed by atoms with Crippen LogP contribution in [0.4, 0.5) is 5.69 Å². The first-order chi connectivity index (χ1) is 15.2. The van der Waals surface area contributed by atoms with E-state index < -0.39 is 25.6 Å². The van der Waals surface area contributed by atoms with Crippen LogP contribution < -0.4 is 4.72 Å². The molecular formula is C21H20ClN3O5S2. The van der Waals surface area contributed by atoms with Crippen LogP contribution in [-0.4, -0.2) is 26.8 Å². The van der Waals surface area contributed by atoms with Gasteiger partial charge in [0.1, 0.15) is 17.3 Å². The molecule has 0 amide bonds. The van der Waals surface area contributed by atoms with Crippen molar-refractivity contribution in [3.63, 3.8) is 0 Å². The van der Waals surface area contributed by atoms with E-state index >= 15 is 0 Å². The third-order valence-electron chi connectivity index (χ3n) is 5.06. The molecule has 8 nitrogen and oxygen atoms in total. The highest BCUT2D eigenvalue weighted by molar-refractivity contribution is 7.93. The molecule has 0 bridgehead atoms. The van der Waals surface area contributed by atoms with Crippen LogP contribution >= 0.6 is 11.6 Å². The lowest BCUT2D eigenvalue weighted by Gasteiger charge is -2.12. The van der Waals surface area contributed by atoms with Crippen LogP contribution in [0, 0.1) is 0 Å². The van der Waals surface area contributed by atoms with Gasteiger partial charge in [-0.05, 0) is 49.1 Å². The quantitative estimate of drug-likeness (QED) is 0.540. The Bertz CT molecular complexity index is 1380. The van der Waals surface area contributed by atoms with E-state index in [0.717, 1.165) is 18.4 Å². The molecule has 32 heavy (non-hydrogen) atoms. The van der Waals surface area contributed by atoms with Crippen molar-refractivity contribution in [1.82, 2.24) is 9.97 Å². The number of hydrogen-bond donors (Lipinski definition) is 1. The molecule has 1 atom stereocenters. The second-order valence-corrected chi connectivity index (χ2v) is 11.4. The standard InChI is InChI=1S/C21H20ClN3O5S2/c1-14-5-2-3-6-18-16(14)12-21(30-18)32(28,29)25-17-11-15(22)7-8-19(17)31(26,27)13-20-23-9-4-10-24-20/h3-4,6-12,14,25H,2,5,13H2,1H3. The maximum absolute atomic E-state index is 13.1. The smallest absolute Gasteiger partial charge is 0.295 e. The Labute approximate surface area is 191 Å². The molecule has 1 aromatic carbocycles. The molecule has 2 aromatic heterocycles. The summed E-state index contributed by atoms with van der Waals surface area (Å²) in [5.41, 5.74) is 0.614. The van der Waals surface area contributed by atoms with Crippen molar-refractivity contribution in [2.24, 2.45) is 0 Å². The summed E-state index contributed by atoms with van der Waals surface area (Å²) in [4.78, 5) is 7.63. The number of halogens is 1. The van der Waals surface area contributed by atoms with Gasteiger partial charge in [-0.25, -0.2) is 18.4 Å². The highest BCUT2D eigenvalue weighted by atomic mass is 35.5. The van der Waals surface area contributed by atoms with Gasteiger partial charge < -0.3 is 4.42 Å². The summed E-state index contributed by atoms with van der Waals surface area (Å²) in [5.74, 6) is 0.199. The summed E-state index contributed by atoms with van der Waals surface area (Å²) >= 11 is 6.03. The van der Waals surface area contributed by atoms with Gasteiger partial charge in [-0.15, -0.1) is 0 Å². The lowest BCUT2D eigenvalue weighted by molar-refractivity contribution is 0.443. The van der Waals surface area contributed by atoms with Gasteiger partial charge >= 0.3 is 0 Å². The van der Waals surface area contributed by atoms with Crippen molar-refractivity contribution < 1.29 is 21.3 Å². The third-order valence-corrected chi connectivity index (χ3v) is 8.18. The van der Waals surface area contributed by atoms with Gasteiger partial charge in [0.05, 0.1) is 10.6 Å². The molecule has 11 heteroatoms. The van der Waals surface area contributed by atoms with Gasteiger partial charge in [-0.3, -0.25) is 4.72 Å². The van der Waals surface area contributed by atoms with Crippen LogP contribution in [-0.2, 0) is 25.6 Å². The van der Waals surface area contributed by atoms with Crippen LogP contribution in [0.1, 0.15) is 42.8 Å². The van der Waals surface area contributed by atoms with E-state index in [2.05, 4.69) is 14.7 Å². The van der Waals surface area contributed by atoms with Gasteiger partial charge in [0.25, 0.3) is 10.0 Å². The summed E-state index contributed by atoms with van der Waals surface area (Å²) < 4.78 is 60.1. The van der Waals surface area contributed by atoms with E-state index in [-0.39, 0.29) is 32.4 Å². The second kappa shape index (κ2) is 8.68. The second-order valence-electron chi connectivity index (χ2n) is 7.44. The molecule has 0 radical (unpaired) electrons. The van der Waals surface area contributed by atoms with Crippen molar-refractivity contribution in [3.8, 4) is 0 Å². The molecule has 3 aromatic rings. The molecule has 1 N–H and O–H groups in total. The van der Waals surface area contributed by atoms with Crippen molar-refractivity contribution in [1.29, 1.82) is 0 Å². The molecule has 0 aliphatic heterocycles. The molecule has 0 fully saturated rings. The summed E-state index contributed by atoms with van der Waals surface area (Å²) in [7, 11) is -8.20. The molecule has 1 aliphatic carbocycles. The topological polar surface area (TPSA) is 119 Å². The molecule has 0 saturated carbocycles.